The summed E-state index contributed by atoms with van der Waals surface area (Å²) in [6.07, 6.45) is -1.11. The molecule has 3 rings (SSSR count). The SMILES string of the molecule is CC(C)(Cc1ccc(F)cc1)NC[C@@H](O)COc1ccc(S(=O)(=O)NN2CCOC(C#N)C2Cl)cc1. The van der Waals surface area contributed by atoms with Gasteiger partial charge in [-0.3, -0.25) is 0 Å². The molecule has 9 nitrogen and oxygen atoms in total. The molecule has 36 heavy (non-hydrogen) atoms. The molecule has 3 atom stereocenters. The number of ether oxygens (including phenoxy) is 2. The fourth-order valence-corrected chi connectivity index (χ4v) is 5.03. The quantitative estimate of drug-likeness (QED) is 0.293. The molecule has 12 heteroatoms. The summed E-state index contributed by atoms with van der Waals surface area (Å²) in [7, 11) is -3.94. The maximum atomic E-state index is 13.1. The van der Waals surface area contributed by atoms with Gasteiger partial charge in [0.15, 0.2) is 6.10 Å². The van der Waals surface area contributed by atoms with Crippen molar-refractivity contribution < 1.29 is 27.4 Å². The van der Waals surface area contributed by atoms with Crippen molar-refractivity contribution in [3.8, 4) is 11.8 Å². The molecule has 1 aliphatic heterocycles. The van der Waals surface area contributed by atoms with Crippen LogP contribution >= 0.6 is 11.6 Å². The van der Waals surface area contributed by atoms with Crippen LogP contribution < -0.4 is 14.9 Å². The third kappa shape index (κ3) is 8.11. The van der Waals surface area contributed by atoms with Gasteiger partial charge in [0.05, 0.1) is 17.6 Å². The zero-order valence-electron chi connectivity index (χ0n) is 20.0. The molecule has 1 fully saturated rings. The van der Waals surface area contributed by atoms with Gasteiger partial charge in [0, 0.05) is 18.6 Å². The second-order valence-electron chi connectivity index (χ2n) is 9.09. The van der Waals surface area contributed by atoms with E-state index in [-0.39, 0.29) is 42.6 Å². The minimum atomic E-state index is -3.94. The van der Waals surface area contributed by atoms with Gasteiger partial charge < -0.3 is 19.9 Å². The van der Waals surface area contributed by atoms with Crippen LogP contribution in [0.1, 0.15) is 19.4 Å². The van der Waals surface area contributed by atoms with Crippen molar-refractivity contribution in [3.05, 3.63) is 59.9 Å². The van der Waals surface area contributed by atoms with E-state index in [1.54, 1.807) is 12.1 Å². The number of β-amino-alcohol motifs (C(OH)–C–C–N with tert-alkyl or cyclic N) is 1. The van der Waals surface area contributed by atoms with Crippen LogP contribution in [0.3, 0.4) is 0 Å². The van der Waals surface area contributed by atoms with Crippen LogP contribution in [0.2, 0.25) is 0 Å². The maximum Gasteiger partial charge on any atom is 0.253 e. The highest BCUT2D eigenvalue weighted by atomic mass is 35.5. The number of nitrogens with zero attached hydrogens (tertiary/aromatic N) is 2. The van der Waals surface area contributed by atoms with E-state index in [0.29, 0.717) is 12.2 Å². The van der Waals surface area contributed by atoms with Crippen LogP contribution in [-0.4, -0.2) is 68.1 Å². The van der Waals surface area contributed by atoms with Crippen LogP contribution in [0.4, 0.5) is 4.39 Å². The van der Waals surface area contributed by atoms with Crippen LogP contribution in [0, 0.1) is 17.1 Å². The number of halogens is 2. The molecular weight excluding hydrogens is 511 g/mol. The Bertz CT molecular complexity index is 1140. The highest BCUT2D eigenvalue weighted by Crippen LogP contribution is 2.20. The molecule has 2 aromatic carbocycles. The molecule has 1 aliphatic rings. The molecule has 0 radical (unpaired) electrons. The van der Waals surface area contributed by atoms with Gasteiger partial charge in [-0.15, -0.1) is 16.4 Å². The lowest BCUT2D eigenvalue weighted by atomic mass is 9.94. The second-order valence-corrected chi connectivity index (χ2v) is 11.2. The van der Waals surface area contributed by atoms with E-state index in [9.17, 15) is 17.9 Å². The van der Waals surface area contributed by atoms with Crippen molar-refractivity contribution >= 4 is 21.6 Å². The number of alkyl halides is 1. The zero-order chi connectivity index (χ0) is 26.3. The number of nitrogens with one attached hydrogen (secondary N) is 2. The molecule has 0 saturated carbocycles. The van der Waals surface area contributed by atoms with E-state index < -0.39 is 27.7 Å². The lowest BCUT2D eigenvalue weighted by Gasteiger charge is -2.34. The Morgan fingerprint density at radius 1 is 1.28 bits per heavy atom. The fourth-order valence-electron chi connectivity index (χ4n) is 3.58. The van der Waals surface area contributed by atoms with Crippen molar-refractivity contribution in [1.82, 2.24) is 15.2 Å². The standard InChI is InChI=1S/C24H30ClFN4O5S/c1-24(2,13-17-3-5-18(26)6-4-17)28-15-19(31)16-35-20-7-9-21(10-8-20)36(32,33)29-30-11-12-34-22(14-27)23(30)25/h3-10,19,22-23,28-29,31H,11-13,15-16H2,1-2H3/t19-,22?,23?/m1/s1. The summed E-state index contributed by atoms with van der Waals surface area (Å²) in [6, 6.07) is 13.9. The largest absolute Gasteiger partial charge is 0.491 e. The number of hydrazine groups is 1. The number of morpholine rings is 1. The van der Waals surface area contributed by atoms with E-state index >= 15 is 0 Å². The molecule has 2 aromatic rings. The van der Waals surface area contributed by atoms with Gasteiger partial charge in [0.1, 0.15) is 29.8 Å². The Morgan fingerprint density at radius 3 is 2.58 bits per heavy atom. The molecule has 0 spiro atoms. The van der Waals surface area contributed by atoms with E-state index in [2.05, 4.69) is 10.1 Å². The van der Waals surface area contributed by atoms with Gasteiger partial charge in [-0.1, -0.05) is 12.1 Å². The molecule has 196 valence electrons. The molecule has 0 amide bonds. The Hall–Kier alpha value is -2.30. The second kappa shape index (κ2) is 12.3. The first-order valence-electron chi connectivity index (χ1n) is 11.3. The number of hydrogen-bond acceptors (Lipinski definition) is 8. The molecule has 0 aromatic heterocycles. The van der Waals surface area contributed by atoms with Gasteiger partial charge in [-0.05, 0) is 62.2 Å². The van der Waals surface area contributed by atoms with E-state index in [1.165, 1.54) is 41.4 Å². The Balaban J connectivity index is 1.47. The van der Waals surface area contributed by atoms with Gasteiger partial charge >= 0.3 is 0 Å². The number of rotatable bonds is 11. The molecule has 2 unspecified atom stereocenters. The van der Waals surface area contributed by atoms with Gasteiger partial charge in [-0.25, -0.2) is 17.8 Å². The third-order valence-corrected chi connectivity index (χ3v) is 7.33. The molecule has 3 N–H and O–H groups in total. The summed E-state index contributed by atoms with van der Waals surface area (Å²) >= 11 is 6.13. The summed E-state index contributed by atoms with van der Waals surface area (Å²) in [5.41, 5.74) is -0.321. The maximum absolute atomic E-state index is 13.1. The van der Waals surface area contributed by atoms with Gasteiger partial charge in [-0.2, -0.15) is 5.26 Å². The fraction of sp³-hybridized carbons (Fsp3) is 0.458. The van der Waals surface area contributed by atoms with Crippen LogP contribution in [-0.2, 0) is 21.2 Å². The number of aliphatic hydroxyl groups is 1. The predicted molar refractivity (Wildman–Crippen MR) is 132 cm³/mol. The minimum absolute atomic E-state index is 0.00122. The van der Waals surface area contributed by atoms with Gasteiger partial charge in [0.25, 0.3) is 10.0 Å². The van der Waals surface area contributed by atoms with Crippen molar-refractivity contribution in [3.63, 3.8) is 0 Å². The number of nitriles is 1. The Kier molecular flexibility index (Phi) is 9.66. The first kappa shape index (κ1) is 28.3. The first-order valence-corrected chi connectivity index (χ1v) is 13.3. The van der Waals surface area contributed by atoms with Crippen molar-refractivity contribution in [2.75, 3.05) is 26.3 Å². The summed E-state index contributed by atoms with van der Waals surface area (Å²) in [6.45, 7) is 4.60. The highest BCUT2D eigenvalue weighted by molar-refractivity contribution is 7.89. The first-order chi connectivity index (χ1) is 17.0. The summed E-state index contributed by atoms with van der Waals surface area (Å²) in [4.78, 5) is 2.37. The van der Waals surface area contributed by atoms with Crippen molar-refractivity contribution in [2.24, 2.45) is 0 Å². The minimum Gasteiger partial charge on any atom is -0.491 e. The highest BCUT2D eigenvalue weighted by Gasteiger charge is 2.33. The van der Waals surface area contributed by atoms with Gasteiger partial charge in [0.2, 0.25) is 0 Å². The third-order valence-electron chi connectivity index (χ3n) is 5.49. The lowest BCUT2D eigenvalue weighted by Crippen LogP contribution is -2.55. The van der Waals surface area contributed by atoms with Crippen LogP contribution in [0.5, 0.6) is 5.75 Å². The normalized spacial score (nSPS) is 20.0. The van der Waals surface area contributed by atoms with E-state index in [0.717, 1.165) is 5.56 Å². The zero-order valence-corrected chi connectivity index (χ0v) is 21.6. The number of sulfonamides is 1. The number of benzene rings is 2. The monoisotopic (exact) mass is 540 g/mol. The Labute approximate surface area is 215 Å². The van der Waals surface area contributed by atoms with Crippen molar-refractivity contribution in [2.45, 2.75) is 48.4 Å². The molecule has 1 heterocycles. The smallest absolute Gasteiger partial charge is 0.253 e. The molecule has 0 aliphatic carbocycles. The summed E-state index contributed by atoms with van der Waals surface area (Å²) in [5, 5.41) is 23.9. The topological polar surface area (TPSA) is 124 Å². The average molecular weight is 541 g/mol. The average Bonchev–Trinajstić information content (AvgIpc) is 2.84. The summed E-state index contributed by atoms with van der Waals surface area (Å²) < 4.78 is 49.3. The number of aliphatic hydroxyl groups excluding tert-OH is 1. The van der Waals surface area contributed by atoms with Crippen LogP contribution in [0.15, 0.2) is 53.4 Å². The lowest BCUT2D eigenvalue weighted by molar-refractivity contribution is -0.0247. The summed E-state index contributed by atoms with van der Waals surface area (Å²) in [5.74, 6) is 0.110. The number of hydrogen-bond donors (Lipinski definition) is 3. The van der Waals surface area contributed by atoms with E-state index in [4.69, 9.17) is 26.3 Å². The molecule has 1 saturated heterocycles. The van der Waals surface area contributed by atoms with Crippen LogP contribution in [0.25, 0.3) is 0 Å². The molecular formula is C24H30ClFN4O5S. The molecule has 0 bridgehead atoms. The predicted octanol–water partition coefficient (Wildman–Crippen LogP) is 2.16. The van der Waals surface area contributed by atoms with E-state index in [1.807, 2.05) is 19.9 Å². The van der Waals surface area contributed by atoms with Crippen molar-refractivity contribution in [1.29, 1.82) is 5.26 Å². The Morgan fingerprint density at radius 2 is 1.94 bits per heavy atom.